The highest BCUT2D eigenvalue weighted by atomic mass is 32.1. The molecular weight excluding hydrogens is 206 g/mol. The van der Waals surface area contributed by atoms with Crippen LogP contribution in [0, 0.1) is 0 Å². The second-order valence-corrected chi connectivity index (χ2v) is 4.30. The van der Waals surface area contributed by atoms with Crippen LogP contribution in [0.1, 0.15) is 11.4 Å². The van der Waals surface area contributed by atoms with E-state index in [4.69, 9.17) is 0 Å². The summed E-state index contributed by atoms with van der Waals surface area (Å²) in [4.78, 5) is 15.7. The van der Waals surface area contributed by atoms with Crippen LogP contribution in [0.25, 0.3) is 10.4 Å². The minimum Gasteiger partial charge on any atom is -0.303 e. The zero-order valence-corrected chi connectivity index (χ0v) is 9.04. The molecule has 2 rings (SSSR count). The number of hydrogen-bond acceptors (Lipinski definition) is 3. The highest BCUT2D eigenvalue weighted by molar-refractivity contribution is 7.15. The van der Waals surface area contributed by atoms with Crippen molar-refractivity contribution in [2.45, 2.75) is 12.8 Å². The van der Waals surface area contributed by atoms with Crippen molar-refractivity contribution >= 4 is 17.6 Å². The SMILES string of the molecule is O=CCCc1ncc(-c2ccccc2)s1. The first-order chi connectivity index (χ1) is 7.40. The fourth-order valence-electron chi connectivity index (χ4n) is 1.34. The molecule has 0 aliphatic carbocycles. The number of aryl methyl sites for hydroxylation is 1. The lowest BCUT2D eigenvalue weighted by atomic mass is 10.2. The second-order valence-electron chi connectivity index (χ2n) is 3.19. The molecule has 0 fully saturated rings. The summed E-state index contributed by atoms with van der Waals surface area (Å²) >= 11 is 1.66. The average molecular weight is 217 g/mol. The molecular formula is C12H11NOS. The van der Waals surface area contributed by atoms with Crippen molar-refractivity contribution in [3.05, 3.63) is 41.5 Å². The lowest BCUT2D eigenvalue weighted by Crippen LogP contribution is -1.82. The molecule has 1 heterocycles. The van der Waals surface area contributed by atoms with Gasteiger partial charge in [0, 0.05) is 19.0 Å². The highest BCUT2D eigenvalue weighted by Gasteiger charge is 2.03. The van der Waals surface area contributed by atoms with E-state index >= 15 is 0 Å². The molecule has 0 atom stereocenters. The number of aldehydes is 1. The summed E-state index contributed by atoms with van der Waals surface area (Å²) < 4.78 is 0. The van der Waals surface area contributed by atoms with Crippen LogP contribution in [0.3, 0.4) is 0 Å². The van der Waals surface area contributed by atoms with Gasteiger partial charge in [0.2, 0.25) is 0 Å². The molecule has 2 aromatic rings. The number of nitrogens with zero attached hydrogens (tertiary/aromatic N) is 1. The first-order valence-electron chi connectivity index (χ1n) is 4.84. The van der Waals surface area contributed by atoms with Crippen molar-refractivity contribution in [2.75, 3.05) is 0 Å². The fourth-order valence-corrected chi connectivity index (χ4v) is 2.28. The van der Waals surface area contributed by atoms with Crippen molar-refractivity contribution in [3.63, 3.8) is 0 Å². The zero-order chi connectivity index (χ0) is 10.5. The van der Waals surface area contributed by atoms with E-state index in [9.17, 15) is 4.79 Å². The third kappa shape index (κ3) is 2.50. The molecule has 0 saturated heterocycles. The molecule has 1 aromatic heterocycles. The molecule has 3 heteroatoms. The van der Waals surface area contributed by atoms with E-state index in [0.717, 1.165) is 22.6 Å². The Kier molecular flexibility index (Phi) is 3.25. The number of rotatable bonds is 4. The number of carbonyl (C=O) groups is 1. The fraction of sp³-hybridized carbons (Fsp3) is 0.167. The van der Waals surface area contributed by atoms with Gasteiger partial charge < -0.3 is 4.79 Å². The van der Waals surface area contributed by atoms with Gasteiger partial charge in [-0.15, -0.1) is 11.3 Å². The van der Waals surface area contributed by atoms with Gasteiger partial charge in [-0.3, -0.25) is 0 Å². The molecule has 0 aliphatic rings. The summed E-state index contributed by atoms with van der Waals surface area (Å²) in [5.41, 5.74) is 1.19. The standard InChI is InChI=1S/C12H11NOS/c14-8-4-7-12-13-9-11(15-12)10-5-2-1-3-6-10/h1-3,5-6,8-9H,4,7H2. The van der Waals surface area contributed by atoms with Crippen LogP contribution in [0.2, 0.25) is 0 Å². The Hall–Kier alpha value is -1.48. The number of hydrogen-bond donors (Lipinski definition) is 0. The van der Waals surface area contributed by atoms with Crippen LogP contribution < -0.4 is 0 Å². The van der Waals surface area contributed by atoms with Crippen LogP contribution in [0.15, 0.2) is 36.5 Å². The van der Waals surface area contributed by atoms with E-state index in [0.29, 0.717) is 6.42 Å². The first-order valence-corrected chi connectivity index (χ1v) is 5.65. The maximum atomic E-state index is 10.2. The van der Waals surface area contributed by atoms with Crippen LogP contribution in [0.5, 0.6) is 0 Å². The molecule has 15 heavy (non-hydrogen) atoms. The first kappa shape index (κ1) is 10.1. The van der Waals surface area contributed by atoms with E-state index in [1.807, 2.05) is 24.4 Å². The van der Waals surface area contributed by atoms with Crippen molar-refractivity contribution in [1.82, 2.24) is 4.98 Å². The van der Waals surface area contributed by atoms with Gasteiger partial charge in [0.15, 0.2) is 0 Å². The predicted molar refractivity (Wildman–Crippen MR) is 61.9 cm³/mol. The maximum Gasteiger partial charge on any atom is 0.120 e. The topological polar surface area (TPSA) is 30.0 Å². The molecule has 0 amide bonds. The predicted octanol–water partition coefficient (Wildman–Crippen LogP) is 2.94. The normalized spacial score (nSPS) is 10.1. The Morgan fingerprint density at radius 1 is 1.27 bits per heavy atom. The molecule has 1 aromatic carbocycles. The minimum atomic E-state index is 0.557. The van der Waals surface area contributed by atoms with Crippen LogP contribution in [0.4, 0.5) is 0 Å². The number of benzene rings is 1. The Morgan fingerprint density at radius 2 is 2.07 bits per heavy atom. The van der Waals surface area contributed by atoms with Crippen molar-refractivity contribution in [2.24, 2.45) is 0 Å². The number of aromatic nitrogens is 1. The monoisotopic (exact) mass is 217 g/mol. The van der Waals surface area contributed by atoms with Crippen molar-refractivity contribution in [3.8, 4) is 10.4 Å². The summed E-state index contributed by atoms with van der Waals surface area (Å²) in [5.74, 6) is 0. The Morgan fingerprint density at radius 3 is 2.80 bits per heavy atom. The lowest BCUT2D eigenvalue weighted by Gasteiger charge is -1.93. The van der Waals surface area contributed by atoms with Gasteiger partial charge in [0.1, 0.15) is 6.29 Å². The summed E-state index contributed by atoms with van der Waals surface area (Å²) in [7, 11) is 0. The Balaban J connectivity index is 2.17. The summed E-state index contributed by atoms with van der Waals surface area (Å²) in [6.45, 7) is 0. The van der Waals surface area contributed by atoms with Gasteiger partial charge in [-0.2, -0.15) is 0 Å². The van der Waals surface area contributed by atoms with Crippen LogP contribution >= 0.6 is 11.3 Å². The Labute approximate surface area is 92.6 Å². The average Bonchev–Trinajstić information content (AvgIpc) is 2.76. The summed E-state index contributed by atoms with van der Waals surface area (Å²) in [6.07, 6.45) is 4.12. The molecule has 0 radical (unpaired) electrons. The highest BCUT2D eigenvalue weighted by Crippen LogP contribution is 2.26. The molecule has 2 nitrogen and oxygen atoms in total. The van der Waals surface area contributed by atoms with Crippen molar-refractivity contribution in [1.29, 1.82) is 0 Å². The van der Waals surface area contributed by atoms with Gasteiger partial charge in [-0.25, -0.2) is 4.98 Å². The van der Waals surface area contributed by atoms with Gasteiger partial charge in [0.25, 0.3) is 0 Å². The van der Waals surface area contributed by atoms with E-state index in [2.05, 4.69) is 17.1 Å². The van der Waals surface area contributed by atoms with E-state index in [1.165, 1.54) is 5.56 Å². The van der Waals surface area contributed by atoms with E-state index in [1.54, 1.807) is 11.3 Å². The van der Waals surface area contributed by atoms with Crippen LogP contribution in [-0.2, 0) is 11.2 Å². The largest absolute Gasteiger partial charge is 0.303 e. The third-order valence-corrected chi connectivity index (χ3v) is 3.19. The third-order valence-electron chi connectivity index (χ3n) is 2.09. The van der Waals surface area contributed by atoms with Gasteiger partial charge in [0.05, 0.1) is 9.88 Å². The smallest absolute Gasteiger partial charge is 0.120 e. The molecule has 0 N–H and O–H groups in total. The Bertz CT molecular complexity index is 436. The second kappa shape index (κ2) is 4.84. The molecule has 0 saturated carbocycles. The van der Waals surface area contributed by atoms with Crippen LogP contribution in [-0.4, -0.2) is 11.3 Å². The number of thiazole rings is 1. The van der Waals surface area contributed by atoms with E-state index < -0.39 is 0 Å². The molecule has 76 valence electrons. The molecule has 0 aliphatic heterocycles. The van der Waals surface area contributed by atoms with E-state index in [-0.39, 0.29) is 0 Å². The minimum absolute atomic E-state index is 0.557. The zero-order valence-electron chi connectivity index (χ0n) is 8.22. The molecule has 0 spiro atoms. The lowest BCUT2D eigenvalue weighted by molar-refractivity contribution is -0.107. The van der Waals surface area contributed by atoms with Gasteiger partial charge in [-0.05, 0) is 5.56 Å². The number of carbonyl (C=O) groups excluding carboxylic acids is 1. The maximum absolute atomic E-state index is 10.2. The van der Waals surface area contributed by atoms with Gasteiger partial charge in [-0.1, -0.05) is 30.3 Å². The summed E-state index contributed by atoms with van der Waals surface area (Å²) in [5, 5.41) is 1.03. The van der Waals surface area contributed by atoms with Crippen molar-refractivity contribution < 1.29 is 4.79 Å². The van der Waals surface area contributed by atoms with Gasteiger partial charge >= 0.3 is 0 Å². The molecule has 0 unspecified atom stereocenters. The summed E-state index contributed by atoms with van der Waals surface area (Å²) in [6, 6.07) is 10.2. The molecule has 0 bridgehead atoms. The quantitative estimate of drug-likeness (QED) is 0.737.